The van der Waals surface area contributed by atoms with E-state index in [-0.39, 0.29) is 17.4 Å². The third kappa shape index (κ3) is 4.98. The largest absolute Gasteiger partial charge is 0.507 e. The first-order valence-corrected chi connectivity index (χ1v) is 12.8. The lowest BCUT2D eigenvalue weighted by Crippen LogP contribution is -2.33. The number of rotatable bonds is 9. The van der Waals surface area contributed by atoms with E-state index in [2.05, 4.69) is 18.7 Å². The highest BCUT2D eigenvalue weighted by atomic mass is 16.5. The Morgan fingerprint density at radius 3 is 2.42 bits per heavy atom. The Hall–Kier alpha value is -3.32. The first-order chi connectivity index (χ1) is 17.2. The van der Waals surface area contributed by atoms with Gasteiger partial charge in [-0.25, -0.2) is 0 Å². The summed E-state index contributed by atoms with van der Waals surface area (Å²) in [7, 11) is 3.93. The number of aliphatic hydroxyl groups excluding tert-OH is 1. The van der Waals surface area contributed by atoms with Gasteiger partial charge in [-0.15, -0.1) is 0 Å². The molecule has 0 bridgehead atoms. The van der Waals surface area contributed by atoms with Crippen LogP contribution in [0.2, 0.25) is 0 Å². The molecule has 4 rings (SSSR count). The maximum Gasteiger partial charge on any atom is 0.295 e. The number of ketones is 1. The minimum Gasteiger partial charge on any atom is -0.507 e. The lowest BCUT2D eigenvalue weighted by molar-refractivity contribution is -0.140. The molecule has 1 N–H and O–H groups in total. The molecule has 7 heteroatoms. The van der Waals surface area contributed by atoms with E-state index in [1.54, 1.807) is 11.0 Å². The second-order valence-corrected chi connectivity index (χ2v) is 9.81. The summed E-state index contributed by atoms with van der Waals surface area (Å²) in [5.74, 6) is -0.534. The van der Waals surface area contributed by atoms with Crippen LogP contribution in [0, 0.1) is 0 Å². The number of carbonyl (C=O) groups excluding carboxylic acids is 2. The number of anilines is 1. The minimum atomic E-state index is -0.638. The first-order valence-electron chi connectivity index (χ1n) is 12.8. The number of fused-ring (bicyclic) bond motifs is 1. The molecule has 2 atom stereocenters. The number of likely N-dealkylation sites (tertiary alicyclic amines) is 1. The molecule has 0 radical (unpaired) electrons. The number of hydrogen-bond donors (Lipinski definition) is 1. The van der Waals surface area contributed by atoms with Gasteiger partial charge < -0.3 is 24.5 Å². The highest BCUT2D eigenvalue weighted by Crippen LogP contribution is 2.41. The summed E-state index contributed by atoms with van der Waals surface area (Å²) in [5, 5.41) is 11.4. The van der Waals surface area contributed by atoms with Crippen LogP contribution in [0.3, 0.4) is 0 Å². The third-order valence-corrected chi connectivity index (χ3v) is 7.20. The van der Waals surface area contributed by atoms with Crippen LogP contribution in [0.25, 0.3) is 5.76 Å². The van der Waals surface area contributed by atoms with E-state index in [1.165, 1.54) is 0 Å². The number of hydrogen-bond acceptors (Lipinski definition) is 6. The van der Waals surface area contributed by atoms with Crippen molar-refractivity contribution >= 4 is 23.1 Å². The van der Waals surface area contributed by atoms with Gasteiger partial charge in [0.05, 0.1) is 11.6 Å². The summed E-state index contributed by atoms with van der Waals surface area (Å²) in [4.78, 5) is 32.5. The Morgan fingerprint density at radius 2 is 1.78 bits per heavy atom. The maximum absolute atomic E-state index is 13.3. The summed E-state index contributed by atoms with van der Waals surface area (Å²) < 4.78 is 5.79. The monoisotopic (exact) mass is 491 g/mol. The smallest absolute Gasteiger partial charge is 0.295 e. The molecule has 1 amide bonds. The predicted molar refractivity (Wildman–Crippen MR) is 142 cm³/mol. The molecule has 36 heavy (non-hydrogen) atoms. The molecule has 1 fully saturated rings. The third-order valence-electron chi connectivity index (χ3n) is 7.20. The average Bonchev–Trinajstić information content (AvgIpc) is 3.37. The van der Waals surface area contributed by atoms with Crippen molar-refractivity contribution in [2.75, 3.05) is 45.2 Å². The fourth-order valence-corrected chi connectivity index (χ4v) is 5.14. The fraction of sp³-hybridized carbons (Fsp3) is 0.448. The molecule has 0 aliphatic carbocycles. The first kappa shape index (κ1) is 25.8. The van der Waals surface area contributed by atoms with Gasteiger partial charge in [-0.2, -0.15) is 0 Å². The van der Waals surface area contributed by atoms with Gasteiger partial charge in [0.25, 0.3) is 11.7 Å². The summed E-state index contributed by atoms with van der Waals surface area (Å²) in [6, 6.07) is 12.6. The van der Waals surface area contributed by atoms with Crippen molar-refractivity contribution in [1.29, 1.82) is 0 Å². The number of benzene rings is 2. The highest BCUT2D eigenvalue weighted by molar-refractivity contribution is 6.46. The van der Waals surface area contributed by atoms with Crippen LogP contribution in [-0.4, -0.2) is 73.0 Å². The van der Waals surface area contributed by atoms with Gasteiger partial charge in [-0.1, -0.05) is 26.0 Å². The number of nitrogens with zero attached hydrogens (tertiary/aromatic N) is 3. The Labute approximate surface area is 214 Å². The van der Waals surface area contributed by atoms with Crippen LogP contribution < -0.4 is 9.64 Å². The van der Waals surface area contributed by atoms with E-state index in [0.717, 1.165) is 55.0 Å². The summed E-state index contributed by atoms with van der Waals surface area (Å²) in [6.07, 6.45) is 1.56. The van der Waals surface area contributed by atoms with E-state index >= 15 is 0 Å². The molecule has 0 unspecified atom stereocenters. The zero-order chi connectivity index (χ0) is 26.0. The number of amides is 1. The molecule has 2 aliphatic heterocycles. The van der Waals surface area contributed by atoms with Crippen molar-refractivity contribution < 1.29 is 19.4 Å². The van der Waals surface area contributed by atoms with Gasteiger partial charge in [0.15, 0.2) is 0 Å². The van der Waals surface area contributed by atoms with Crippen molar-refractivity contribution in [2.24, 2.45) is 0 Å². The summed E-state index contributed by atoms with van der Waals surface area (Å²) >= 11 is 0. The number of carbonyl (C=O) groups is 2. The fourth-order valence-electron chi connectivity index (χ4n) is 5.14. The second kappa shape index (κ2) is 10.7. The molecule has 2 aromatic rings. The Balaban J connectivity index is 1.73. The zero-order valence-electron chi connectivity index (χ0n) is 22.0. The van der Waals surface area contributed by atoms with Crippen LogP contribution >= 0.6 is 0 Å². The van der Waals surface area contributed by atoms with Gasteiger partial charge in [0.2, 0.25) is 0 Å². The van der Waals surface area contributed by atoms with Gasteiger partial charge in [-0.3, -0.25) is 9.59 Å². The Kier molecular flexibility index (Phi) is 7.69. The molecule has 2 aliphatic rings. The molecular weight excluding hydrogens is 454 g/mol. The van der Waals surface area contributed by atoms with Crippen molar-refractivity contribution in [1.82, 2.24) is 9.80 Å². The summed E-state index contributed by atoms with van der Waals surface area (Å²) in [5.41, 5.74) is 3.49. The van der Waals surface area contributed by atoms with Crippen molar-refractivity contribution in [2.45, 2.75) is 45.8 Å². The lowest BCUT2D eigenvalue weighted by atomic mass is 9.94. The Bertz CT molecular complexity index is 1150. The Morgan fingerprint density at radius 1 is 1.08 bits per heavy atom. The van der Waals surface area contributed by atoms with E-state index in [4.69, 9.17) is 4.74 Å². The molecule has 1 saturated heterocycles. The van der Waals surface area contributed by atoms with Crippen LogP contribution in [0.1, 0.15) is 49.9 Å². The molecule has 2 heterocycles. The van der Waals surface area contributed by atoms with E-state index in [0.29, 0.717) is 12.1 Å². The molecule has 0 saturated carbocycles. The van der Waals surface area contributed by atoms with E-state index < -0.39 is 17.7 Å². The lowest BCUT2D eigenvalue weighted by Gasteiger charge is -2.27. The van der Waals surface area contributed by atoms with Crippen molar-refractivity contribution in [3.63, 3.8) is 0 Å². The van der Waals surface area contributed by atoms with Crippen LogP contribution in [0.15, 0.2) is 48.0 Å². The zero-order valence-corrected chi connectivity index (χ0v) is 22.0. The number of aliphatic hydroxyl groups is 1. The number of ether oxygens (including phenoxy) is 1. The summed E-state index contributed by atoms with van der Waals surface area (Å²) in [6.45, 7) is 9.38. The minimum absolute atomic E-state index is 0.0731. The predicted octanol–water partition coefficient (Wildman–Crippen LogP) is 4.23. The van der Waals surface area contributed by atoms with Crippen molar-refractivity contribution in [3.8, 4) is 5.75 Å². The van der Waals surface area contributed by atoms with Crippen LogP contribution in [-0.2, 0) is 16.0 Å². The van der Waals surface area contributed by atoms with Gasteiger partial charge in [-0.05, 0) is 74.4 Å². The second-order valence-electron chi connectivity index (χ2n) is 9.81. The van der Waals surface area contributed by atoms with E-state index in [9.17, 15) is 14.7 Å². The quantitative estimate of drug-likeness (QED) is 0.322. The number of Topliss-reactive ketones (excluding diaryl/α,β-unsaturated/α-hetero) is 1. The molecule has 0 aromatic heterocycles. The SMILES string of the molecule is CCN(CC)CCCN1C(=O)C(=O)/C(=C(/O)c2ccc3c(c2)C[C@H](C)O3)[C@H]1c1ccc(N(C)C)cc1. The molecule has 0 spiro atoms. The maximum atomic E-state index is 13.3. The van der Waals surface area contributed by atoms with E-state index in [1.807, 2.05) is 62.3 Å². The topological polar surface area (TPSA) is 73.3 Å². The van der Waals surface area contributed by atoms with Gasteiger partial charge in [0, 0.05) is 38.3 Å². The van der Waals surface area contributed by atoms with Crippen LogP contribution in [0.4, 0.5) is 5.69 Å². The normalized spacial score (nSPS) is 20.7. The molecule has 2 aromatic carbocycles. The average molecular weight is 492 g/mol. The molecule has 192 valence electrons. The van der Waals surface area contributed by atoms with Crippen molar-refractivity contribution in [3.05, 3.63) is 64.7 Å². The molecular formula is C29H37N3O4. The van der Waals surface area contributed by atoms with Gasteiger partial charge >= 0.3 is 0 Å². The standard InChI is InChI=1S/C29H37N3O4/c1-6-31(7-2)15-8-16-32-26(20-9-12-23(13-10-20)30(4)5)25(28(34)29(32)35)27(33)21-11-14-24-22(18-21)17-19(3)36-24/h9-14,18-19,26,33H,6-8,15-17H2,1-5H3/b27-25+/t19-,26+/m0/s1. The molecule has 7 nitrogen and oxygen atoms in total. The van der Waals surface area contributed by atoms with Gasteiger partial charge in [0.1, 0.15) is 17.6 Å². The highest BCUT2D eigenvalue weighted by Gasteiger charge is 2.45. The van der Waals surface area contributed by atoms with Crippen LogP contribution in [0.5, 0.6) is 5.75 Å².